The van der Waals surface area contributed by atoms with Crippen LogP contribution in [0.15, 0.2) is 0 Å². The van der Waals surface area contributed by atoms with Crippen LogP contribution in [0.3, 0.4) is 0 Å². The monoisotopic (exact) mass is 296 g/mol. The van der Waals surface area contributed by atoms with E-state index in [4.69, 9.17) is 4.74 Å². The number of nitrogens with zero attached hydrogens (tertiary/aromatic N) is 1. The van der Waals surface area contributed by atoms with Gasteiger partial charge < -0.3 is 4.74 Å². The van der Waals surface area contributed by atoms with Crippen molar-refractivity contribution in [3.05, 3.63) is 0 Å². The van der Waals surface area contributed by atoms with Crippen molar-refractivity contribution in [3.8, 4) is 6.07 Å². The van der Waals surface area contributed by atoms with Crippen LogP contribution in [-0.2, 0) is 4.74 Å². The van der Waals surface area contributed by atoms with Gasteiger partial charge in [0.1, 0.15) is 5.54 Å². The first kappa shape index (κ1) is 16.1. The van der Waals surface area contributed by atoms with E-state index < -0.39 is 0 Å². The zero-order valence-electron chi connectivity index (χ0n) is 12.9. The summed E-state index contributed by atoms with van der Waals surface area (Å²) >= 11 is 2.10. The topological polar surface area (TPSA) is 45.0 Å². The van der Waals surface area contributed by atoms with E-state index in [0.29, 0.717) is 12.0 Å². The fraction of sp³-hybridized carbons (Fsp3) is 0.938. The number of nitriles is 1. The molecule has 0 radical (unpaired) electrons. The highest BCUT2D eigenvalue weighted by Crippen LogP contribution is 2.39. The van der Waals surface area contributed by atoms with Crippen LogP contribution >= 0.6 is 11.8 Å². The summed E-state index contributed by atoms with van der Waals surface area (Å²) in [6, 6.07) is 2.99. The molecule has 2 rings (SSSR count). The summed E-state index contributed by atoms with van der Waals surface area (Å²) in [7, 11) is 0. The lowest BCUT2D eigenvalue weighted by Gasteiger charge is -2.32. The summed E-state index contributed by atoms with van der Waals surface area (Å²) in [6.07, 6.45) is 7.00. The largest absolute Gasteiger partial charge is 0.381 e. The van der Waals surface area contributed by atoms with Crippen molar-refractivity contribution in [2.45, 2.75) is 69.2 Å². The van der Waals surface area contributed by atoms with Crippen LogP contribution in [0.4, 0.5) is 0 Å². The van der Waals surface area contributed by atoms with Crippen LogP contribution in [-0.4, -0.2) is 35.8 Å². The fourth-order valence-electron chi connectivity index (χ4n) is 3.57. The Hall–Kier alpha value is -0.240. The Labute approximate surface area is 127 Å². The lowest BCUT2D eigenvalue weighted by Crippen LogP contribution is -2.50. The van der Waals surface area contributed by atoms with Crippen LogP contribution in [0, 0.1) is 17.2 Å². The quantitative estimate of drug-likeness (QED) is 0.816. The molecule has 4 heteroatoms. The van der Waals surface area contributed by atoms with E-state index in [1.807, 2.05) is 0 Å². The Morgan fingerprint density at radius 1 is 1.35 bits per heavy atom. The van der Waals surface area contributed by atoms with E-state index in [-0.39, 0.29) is 5.54 Å². The van der Waals surface area contributed by atoms with Gasteiger partial charge in [-0.25, -0.2) is 0 Å². The second-order valence-corrected chi connectivity index (χ2v) is 7.85. The van der Waals surface area contributed by atoms with Crippen LogP contribution in [0.25, 0.3) is 0 Å². The second-order valence-electron chi connectivity index (χ2n) is 6.44. The zero-order valence-corrected chi connectivity index (χ0v) is 13.7. The van der Waals surface area contributed by atoms with Gasteiger partial charge in [0.15, 0.2) is 0 Å². The summed E-state index contributed by atoms with van der Waals surface area (Å²) in [6.45, 7) is 6.15. The van der Waals surface area contributed by atoms with Gasteiger partial charge in [-0.3, -0.25) is 5.32 Å². The van der Waals surface area contributed by atoms with Gasteiger partial charge in [0.25, 0.3) is 0 Å². The molecular formula is C16H28N2OS. The molecule has 20 heavy (non-hydrogen) atoms. The minimum absolute atomic E-state index is 0.260. The van der Waals surface area contributed by atoms with E-state index in [1.165, 1.54) is 37.9 Å². The molecule has 2 aliphatic rings. The molecule has 1 saturated carbocycles. The molecule has 0 bridgehead atoms. The molecule has 0 amide bonds. The summed E-state index contributed by atoms with van der Waals surface area (Å²) in [5, 5.41) is 14.0. The van der Waals surface area contributed by atoms with Gasteiger partial charge in [-0.1, -0.05) is 6.42 Å². The first-order valence-electron chi connectivity index (χ1n) is 8.04. The Bertz CT molecular complexity index is 336. The van der Waals surface area contributed by atoms with Crippen LogP contribution < -0.4 is 5.32 Å². The van der Waals surface area contributed by atoms with Crippen molar-refractivity contribution < 1.29 is 4.74 Å². The average molecular weight is 296 g/mol. The van der Waals surface area contributed by atoms with E-state index in [0.717, 1.165) is 24.9 Å². The number of hydrogen-bond donors (Lipinski definition) is 1. The molecule has 2 atom stereocenters. The number of thioether (sulfide) groups is 1. The molecule has 0 aromatic heterocycles. The average Bonchev–Trinajstić information content (AvgIpc) is 2.83. The molecule has 1 N–H and O–H groups in total. The molecule has 0 aromatic rings. The third-order valence-electron chi connectivity index (χ3n) is 4.55. The summed E-state index contributed by atoms with van der Waals surface area (Å²) in [5.74, 6) is 1.72. The molecule has 1 saturated heterocycles. The summed E-state index contributed by atoms with van der Waals surface area (Å²) in [4.78, 5) is 0. The van der Waals surface area contributed by atoms with Crippen LogP contribution in [0.2, 0.25) is 0 Å². The highest BCUT2D eigenvalue weighted by Gasteiger charge is 2.43. The van der Waals surface area contributed by atoms with Gasteiger partial charge in [0, 0.05) is 24.5 Å². The molecule has 114 valence electrons. The molecule has 1 aliphatic heterocycles. The molecule has 1 heterocycles. The van der Waals surface area contributed by atoms with Crippen LogP contribution in [0.5, 0.6) is 0 Å². The maximum absolute atomic E-state index is 9.65. The van der Waals surface area contributed by atoms with Crippen molar-refractivity contribution >= 4 is 11.8 Å². The van der Waals surface area contributed by atoms with Crippen molar-refractivity contribution in [1.29, 1.82) is 5.26 Å². The maximum Gasteiger partial charge on any atom is 0.109 e. The van der Waals surface area contributed by atoms with Crippen LogP contribution in [0.1, 0.15) is 52.4 Å². The number of ether oxygens (including phenoxy) is 1. The zero-order chi connectivity index (χ0) is 14.4. The Morgan fingerprint density at radius 2 is 2.10 bits per heavy atom. The van der Waals surface area contributed by atoms with Gasteiger partial charge in [-0.15, -0.1) is 0 Å². The van der Waals surface area contributed by atoms with Gasteiger partial charge in [0.05, 0.1) is 6.07 Å². The van der Waals surface area contributed by atoms with Crippen molar-refractivity contribution in [2.75, 3.05) is 19.0 Å². The molecule has 3 nitrogen and oxygen atoms in total. The Kier molecular flexibility index (Phi) is 6.20. The van der Waals surface area contributed by atoms with Crippen molar-refractivity contribution in [1.82, 2.24) is 5.32 Å². The molecular weight excluding hydrogens is 268 g/mol. The van der Waals surface area contributed by atoms with E-state index in [1.54, 1.807) is 0 Å². The molecule has 0 spiro atoms. The molecule has 0 aromatic carbocycles. The third-order valence-corrected chi connectivity index (χ3v) is 5.97. The highest BCUT2D eigenvalue weighted by molar-refractivity contribution is 7.99. The van der Waals surface area contributed by atoms with Crippen molar-refractivity contribution in [2.24, 2.45) is 5.92 Å². The first-order chi connectivity index (χ1) is 9.66. The predicted molar refractivity (Wildman–Crippen MR) is 84.9 cm³/mol. The van der Waals surface area contributed by atoms with Gasteiger partial charge in [-0.2, -0.15) is 17.0 Å². The standard InChI is InChI=1S/C16H28N2OS/c1-13(2)18-16(12-17)8-3-4-14(16)7-11-20-15-5-9-19-10-6-15/h13-15,18H,3-11H2,1-2H3. The minimum atomic E-state index is -0.260. The van der Waals surface area contributed by atoms with E-state index >= 15 is 0 Å². The summed E-state index contributed by atoms with van der Waals surface area (Å²) in [5.41, 5.74) is -0.260. The SMILES string of the molecule is CC(C)NC1(C#N)CCCC1CCSC1CCOCC1. The number of nitrogens with one attached hydrogen (secondary N) is 1. The van der Waals surface area contributed by atoms with E-state index in [2.05, 4.69) is 37.0 Å². The normalized spacial score (nSPS) is 31.6. The fourth-order valence-corrected chi connectivity index (χ4v) is 4.85. The summed E-state index contributed by atoms with van der Waals surface area (Å²) < 4.78 is 5.41. The lowest BCUT2D eigenvalue weighted by atomic mass is 9.86. The smallest absolute Gasteiger partial charge is 0.109 e. The predicted octanol–water partition coefficient (Wildman–Crippen LogP) is 3.35. The second kappa shape index (κ2) is 7.68. The molecule has 2 fully saturated rings. The molecule has 2 unspecified atom stereocenters. The number of rotatable bonds is 6. The van der Waals surface area contributed by atoms with Gasteiger partial charge in [0.2, 0.25) is 0 Å². The van der Waals surface area contributed by atoms with E-state index in [9.17, 15) is 5.26 Å². The minimum Gasteiger partial charge on any atom is -0.381 e. The third kappa shape index (κ3) is 4.13. The molecule has 1 aliphatic carbocycles. The number of hydrogen-bond acceptors (Lipinski definition) is 4. The lowest BCUT2D eigenvalue weighted by molar-refractivity contribution is 0.1000. The Morgan fingerprint density at radius 3 is 2.75 bits per heavy atom. The maximum atomic E-state index is 9.65. The van der Waals surface area contributed by atoms with Gasteiger partial charge >= 0.3 is 0 Å². The van der Waals surface area contributed by atoms with Crippen molar-refractivity contribution in [3.63, 3.8) is 0 Å². The Balaban J connectivity index is 1.79. The first-order valence-corrected chi connectivity index (χ1v) is 9.09. The van der Waals surface area contributed by atoms with Gasteiger partial charge in [-0.05, 0) is 57.6 Å². The highest BCUT2D eigenvalue weighted by atomic mass is 32.2.